The highest BCUT2D eigenvalue weighted by molar-refractivity contribution is 7.89. The maximum Gasteiger partial charge on any atom is 0.266 e. The number of nitrogens with one attached hydrogen (secondary N) is 2. The molecule has 0 aromatic heterocycles. The van der Waals surface area contributed by atoms with Gasteiger partial charge in [-0.15, -0.1) is 4.83 Å². The molecule has 1 aliphatic heterocycles. The van der Waals surface area contributed by atoms with Gasteiger partial charge >= 0.3 is 0 Å². The van der Waals surface area contributed by atoms with Crippen molar-refractivity contribution in [3.8, 4) is 11.5 Å². The van der Waals surface area contributed by atoms with E-state index in [4.69, 9.17) is 32.7 Å². The van der Waals surface area contributed by atoms with Crippen molar-refractivity contribution in [1.82, 2.24) is 10.3 Å². The van der Waals surface area contributed by atoms with Crippen LogP contribution >= 0.6 is 23.2 Å². The molecule has 126 valence electrons. The molecule has 10 heteroatoms. The summed E-state index contributed by atoms with van der Waals surface area (Å²) in [7, 11) is -4.08. The van der Waals surface area contributed by atoms with Crippen molar-refractivity contribution in [3.63, 3.8) is 0 Å². The first kappa shape index (κ1) is 16.8. The predicted molar refractivity (Wildman–Crippen MR) is 86.8 cm³/mol. The summed E-state index contributed by atoms with van der Waals surface area (Å²) in [5.74, 6) is 0.247. The number of halogens is 2. The number of carbonyl (C=O) groups is 1. The number of benzene rings is 2. The first-order valence-corrected chi connectivity index (χ1v) is 8.78. The average molecular weight is 389 g/mol. The van der Waals surface area contributed by atoms with Gasteiger partial charge in [-0.25, -0.2) is 8.42 Å². The first-order valence-electron chi connectivity index (χ1n) is 6.54. The third kappa shape index (κ3) is 3.27. The van der Waals surface area contributed by atoms with Crippen LogP contribution in [-0.2, 0) is 10.0 Å². The van der Waals surface area contributed by atoms with Crippen LogP contribution in [0.3, 0.4) is 0 Å². The van der Waals surface area contributed by atoms with Gasteiger partial charge in [-0.2, -0.15) is 0 Å². The van der Waals surface area contributed by atoms with Crippen LogP contribution in [-0.4, -0.2) is 21.1 Å². The van der Waals surface area contributed by atoms with E-state index in [0.717, 1.165) is 0 Å². The quantitative estimate of drug-likeness (QED) is 0.783. The molecular weight excluding hydrogens is 379 g/mol. The van der Waals surface area contributed by atoms with Crippen molar-refractivity contribution in [3.05, 3.63) is 52.0 Å². The molecule has 1 aliphatic rings. The van der Waals surface area contributed by atoms with Crippen LogP contribution in [0.4, 0.5) is 0 Å². The van der Waals surface area contributed by atoms with Crippen LogP contribution in [0, 0.1) is 0 Å². The van der Waals surface area contributed by atoms with Gasteiger partial charge in [-0.3, -0.25) is 10.2 Å². The molecule has 0 fully saturated rings. The van der Waals surface area contributed by atoms with Crippen molar-refractivity contribution >= 4 is 39.1 Å². The summed E-state index contributed by atoms with van der Waals surface area (Å²) in [6.07, 6.45) is 0. The number of hydrazine groups is 1. The highest BCUT2D eigenvalue weighted by Crippen LogP contribution is 2.32. The molecule has 2 aromatic carbocycles. The molecule has 0 saturated heterocycles. The van der Waals surface area contributed by atoms with Gasteiger partial charge in [0.05, 0.1) is 10.0 Å². The minimum Gasteiger partial charge on any atom is -0.454 e. The van der Waals surface area contributed by atoms with Gasteiger partial charge < -0.3 is 9.47 Å². The fourth-order valence-electron chi connectivity index (χ4n) is 1.97. The molecule has 0 radical (unpaired) electrons. The summed E-state index contributed by atoms with van der Waals surface area (Å²) in [6.45, 7) is 0.0697. The van der Waals surface area contributed by atoms with Crippen LogP contribution in [0.5, 0.6) is 11.5 Å². The first-order chi connectivity index (χ1) is 11.4. The zero-order valence-corrected chi connectivity index (χ0v) is 14.2. The van der Waals surface area contributed by atoms with Crippen LogP contribution in [0.15, 0.2) is 41.3 Å². The second kappa shape index (κ2) is 6.48. The van der Waals surface area contributed by atoms with Gasteiger partial charge in [0.1, 0.15) is 4.90 Å². The minimum absolute atomic E-state index is 0.0697. The van der Waals surface area contributed by atoms with E-state index in [2.05, 4.69) is 5.43 Å². The van der Waals surface area contributed by atoms with Crippen molar-refractivity contribution in [2.45, 2.75) is 4.90 Å². The van der Waals surface area contributed by atoms with Gasteiger partial charge in [-0.1, -0.05) is 29.3 Å². The van der Waals surface area contributed by atoms with Crippen molar-refractivity contribution in [2.75, 3.05) is 6.79 Å². The number of sulfonamides is 1. The Bertz CT molecular complexity index is 917. The largest absolute Gasteiger partial charge is 0.454 e. The predicted octanol–water partition coefficient (Wildman–Crippen LogP) is 2.35. The second-order valence-electron chi connectivity index (χ2n) is 4.68. The molecule has 7 nitrogen and oxygen atoms in total. The summed E-state index contributed by atoms with van der Waals surface area (Å²) in [5.41, 5.74) is 2.29. The van der Waals surface area contributed by atoms with E-state index in [1.165, 1.54) is 30.3 Å². The van der Waals surface area contributed by atoms with E-state index in [0.29, 0.717) is 11.5 Å². The lowest BCUT2D eigenvalue weighted by Gasteiger charge is -2.10. The third-order valence-corrected chi connectivity index (χ3v) is 5.36. The Hall–Kier alpha value is -2.00. The van der Waals surface area contributed by atoms with Gasteiger partial charge in [-0.05, 0) is 30.3 Å². The molecular formula is C14H10Cl2N2O5S. The zero-order valence-electron chi connectivity index (χ0n) is 11.9. The van der Waals surface area contributed by atoms with E-state index in [1.54, 1.807) is 6.07 Å². The van der Waals surface area contributed by atoms with Gasteiger partial charge in [0.15, 0.2) is 11.5 Å². The Morgan fingerprint density at radius 3 is 2.62 bits per heavy atom. The fraction of sp³-hybridized carbons (Fsp3) is 0.0714. The third-order valence-electron chi connectivity index (χ3n) is 3.14. The summed E-state index contributed by atoms with van der Waals surface area (Å²) >= 11 is 11.7. The normalized spacial score (nSPS) is 12.9. The van der Waals surface area contributed by atoms with Crippen LogP contribution in [0.2, 0.25) is 10.0 Å². The summed E-state index contributed by atoms with van der Waals surface area (Å²) in [4.78, 5) is 13.8. The van der Waals surface area contributed by atoms with E-state index < -0.39 is 15.9 Å². The summed E-state index contributed by atoms with van der Waals surface area (Å²) in [5, 5.41) is -0.0503. The molecule has 1 amide bonds. The second-order valence-corrected chi connectivity index (χ2v) is 7.12. The van der Waals surface area contributed by atoms with Crippen LogP contribution in [0.25, 0.3) is 0 Å². The number of hydrogen-bond donors (Lipinski definition) is 2. The minimum atomic E-state index is -4.08. The van der Waals surface area contributed by atoms with Crippen molar-refractivity contribution in [2.24, 2.45) is 0 Å². The lowest BCUT2D eigenvalue weighted by atomic mass is 10.2. The average Bonchev–Trinajstić information content (AvgIpc) is 3.02. The summed E-state index contributed by atoms with van der Waals surface area (Å²) < 4.78 is 34.7. The molecule has 0 spiro atoms. The maximum absolute atomic E-state index is 12.2. The van der Waals surface area contributed by atoms with Gasteiger partial charge in [0.2, 0.25) is 6.79 Å². The lowest BCUT2D eigenvalue weighted by Crippen LogP contribution is -2.41. The molecule has 3 rings (SSSR count). The number of carbonyl (C=O) groups excluding carboxylic acids is 1. The topological polar surface area (TPSA) is 93.7 Å². The molecule has 24 heavy (non-hydrogen) atoms. The molecule has 0 bridgehead atoms. The fourth-order valence-corrected chi connectivity index (χ4v) is 3.57. The van der Waals surface area contributed by atoms with E-state index in [1.807, 2.05) is 4.83 Å². The lowest BCUT2D eigenvalue weighted by molar-refractivity contribution is 0.0944. The molecule has 0 atom stereocenters. The molecule has 0 unspecified atom stereocenters. The summed E-state index contributed by atoms with van der Waals surface area (Å²) in [6, 6.07) is 8.63. The van der Waals surface area contributed by atoms with Gasteiger partial charge in [0.25, 0.3) is 15.9 Å². The smallest absolute Gasteiger partial charge is 0.266 e. The Labute approximate surface area is 147 Å². The zero-order chi connectivity index (χ0) is 17.3. The Morgan fingerprint density at radius 1 is 1.08 bits per heavy atom. The number of ether oxygens (including phenoxy) is 2. The number of hydrogen-bond acceptors (Lipinski definition) is 5. The van der Waals surface area contributed by atoms with E-state index in [9.17, 15) is 13.2 Å². The highest BCUT2D eigenvalue weighted by atomic mass is 35.5. The number of amides is 1. The highest BCUT2D eigenvalue weighted by Gasteiger charge is 2.21. The SMILES string of the molecule is O=C(NNS(=O)(=O)c1cccc(Cl)c1Cl)c1ccc2c(c1)OCO2. The molecule has 1 heterocycles. The van der Waals surface area contributed by atoms with Gasteiger partial charge in [0, 0.05) is 5.56 Å². The molecule has 2 aromatic rings. The Kier molecular flexibility index (Phi) is 4.55. The maximum atomic E-state index is 12.2. The van der Waals surface area contributed by atoms with E-state index in [-0.39, 0.29) is 27.3 Å². The number of fused-ring (bicyclic) bond motifs is 1. The van der Waals surface area contributed by atoms with Crippen molar-refractivity contribution < 1.29 is 22.7 Å². The van der Waals surface area contributed by atoms with E-state index >= 15 is 0 Å². The van der Waals surface area contributed by atoms with Crippen LogP contribution in [0.1, 0.15) is 10.4 Å². The Morgan fingerprint density at radius 2 is 1.83 bits per heavy atom. The number of rotatable bonds is 4. The van der Waals surface area contributed by atoms with Crippen LogP contribution < -0.4 is 19.7 Å². The molecule has 2 N–H and O–H groups in total. The Balaban J connectivity index is 1.75. The monoisotopic (exact) mass is 388 g/mol. The molecule has 0 aliphatic carbocycles. The van der Waals surface area contributed by atoms with Crippen molar-refractivity contribution in [1.29, 1.82) is 0 Å². The standard InChI is InChI=1S/C14H10Cl2N2O5S/c15-9-2-1-3-12(13(9)16)24(20,21)18-17-14(19)8-4-5-10-11(6-8)23-7-22-10/h1-6,18H,7H2,(H,17,19). The molecule has 0 saturated carbocycles.